The number of benzene rings is 2. The Morgan fingerprint density at radius 1 is 1.27 bits per heavy atom. The fourth-order valence-electron chi connectivity index (χ4n) is 4.31. The third kappa shape index (κ3) is 3.56. The number of carbonyl (C=O) groups excluding carboxylic acids is 1. The molecule has 9 heteroatoms. The van der Waals surface area contributed by atoms with Crippen LogP contribution in [-0.4, -0.2) is 37.0 Å². The normalized spacial score (nSPS) is 11.6. The number of aromatic amines is 1. The molecule has 33 heavy (non-hydrogen) atoms. The first kappa shape index (κ1) is 20.9. The molecule has 9 nitrogen and oxygen atoms in total. The third-order valence-electron chi connectivity index (χ3n) is 5.78. The topological polar surface area (TPSA) is 121 Å². The molecular weight excluding hydrogens is 420 g/mol. The Bertz CT molecular complexity index is 1580. The summed E-state index contributed by atoms with van der Waals surface area (Å²) in [7, 11) is 0. The van der Waals surface area contributed by atoms with Crippen molar-refractivity contribution in [1.82, 2.24) is 24.5 Å². The lowest BCUT2D eigenvalue weighted by Gasteiger charge is -2.07. The molecule has 5 aromatic rings. The van der Waals surface area contributed by atoms with E-state index >= 15 is 0 Å². The summed E-state index contributed by atoms with van der Waals surface area (Å²) in [5.74, 6) is -0.479. The van der Waals surface area contributed by atoms with Gasteiger partial charge in [0.25, 0.3) is 5.56 Å². The van der Waals surface area contributed by atoms with Gasteiger partial charge in [0.15, 0.2) is 0 Å². The molecule has 0 unspecified atom stereocenters. The van der Waals surface area contributed by atoms with Crippen LogP contribution in [0.25, 0.3) is 44.1 Å². The highest BCUT2D eigenvalue weighted by Crippen LogP contribution is 2.31. The van der Waals surface area contributed by atoms with Crippen LogP contribution in [0.15, 0.2) is 47.5 Å². The van der Waals surface area contributed by atoms with Gasteiger partial charge in [0, 0.05) is 36.0 Å². The lowest BCUT2D eigenvalue weighted by Crippen LogP contribution is -2.17. The van der Waals surface area contributed by atoms with E-state index in [1.165, 1.54) is 12.5 Å². The molecule has 0 saturated heterocycles. The van der Waals surface area contributed by atoms with Crippen molar-refractivity contribution in [3.8, 4) is 11.3 Å². The van der Waals surface area contributed by atoms with Crippen molar-refractivity contribution in [2.75, 3.05) is 6.54 Å². The number of aryl methyl sites for hydroxylation is 2. The number of carbonyl (C=O) groups is 1. The van der Waals surface area contributed by atoms with Crippen LogP contribution in [-0.2, 0) is 17.8 Å². The molecule has 2 aromatic carbocycles. The molecule has 0 aliphatic heterocycles. The number of rotatable bonds is 6. The predicted molar refractivity (Wildman–Crippen MR) is 127 cm³/mol. The summed E-state index contributed by atoms with van der Waals surface area (Å²) in [5.41, 5.74) is 10.6. The zero-order valence-electron chi connectivity index (χ0n) is 18.5. The van der Waals surface area contributed by atoms with E-state index in [1.54, 1.807) is 18.3 Å². The molecule has 0 fully saturated rings. The van der Waals surface area contributed by atoms with Crippen LogP contribution in [0, 0.1) is 0 Å². The van der Waals surface area contributed by atoms with E-state index in [0.29, 0.717) is 28.8 Å². The molecule has 0 radical (unpaired) electrons. The van der Waals surface area contributed by atoms with E-state index in [1.807, 2.05) is 18.3 Å². The van der Waals surface area contributed by atoms with Crippen molar-refractivity contribution in [3.05, 3.63) is 58.6 Å². The summed E-state index contributed by atoms with van der Waals surface area (Å²) in [6.07, 6.45) is 5.27. The van der Waals surface area contributed by atoms with Gasteiger partial charge in [0.2, 0.25) is 0 Å². The van der Waals surface area contributed by atoms with Crippen molar-refractivity contribution in [2.24, 2.45) is 5.73 Å². The number of nitrogens with zero attached hydrogens (tertiary/aromatic N) is 4. The number of nitrogens with two attached hydrogens (primary N) is 1. The van der Waals surface area contributed by atoms with Crippen molar-refractivity contribution in [3.63, 3.8) is 0 Å². The van der Waals surface area contributed by atoms with Gasteiger partial charge in [0.1, 0.15) is 11.2 Å². The Balaban J connectivity index is 1.74. The molecule has 5 rings (SSSR count). The molecule has 0 aliphatic carbocycles. The number of hydrogen-bond donors (Lipinski definition) is 2. The minimum atomic E-state index is -0.479. The second-order valence-corrected chi connectivity index (χ2v) is 7.99. The minimum Gasteiger partial charge on any atom is -0.347 e. The molecule has 0 saturated carbocycles. The second kappa shape index (κ2) is 8.18. The SMILES string of the molecule is CCc1cccc2c(-c3nc4cc5c(cnn5OC(C)=O)cc4[nH]c3=O)cn(CCCN)c12. The van der Waals surface area contributed by atoms with E-state index in [4.69, 9.17) is 15.6 Å². The fourth-order valence-corrected chi connectivity index (χ4v) is 4.31. The van der Waals surface area contributed by atoms with E-state index in [2.05, 4.69) is 27.6 Å². The lowest BCUT2D eigenvalue weighted by molar-refractivity contribution is -0.142. The zero-order valence-corrected chi connectivity index (χ0v) is 18.5. The standard InChI is InChI=1S/C24H24N6O3/c1-3-15-6-4-7-17-18(13-29(23(15)17)9-5-8-25)22-24(32)28-19-10-16-12-26-30(33-14(2)31)21(16)11-20(19)27-22/h4,6-7,10-13H,3,5,8-9,25H2,1-2H3,(H,28,32). The Kier molecular flexibility index (Phi) is 5.18. The number of fused-ring (bicyclic) bond motifs is 3. The van der Waals surface area contributed by atoms with Crippen molar-refractivity contribution >= 4 is 38.8 Å². The summed E-state index contributed by atoms with van der Waals surface area (Å²) in [6, 6.07) is 9.66. The lowest BCUT2D eigenvalue weighted by atomic mass is 10.1. The fraction of sp³-hybridized carbons (Fsp3) is 0.250. The second-order valence-electron chi connectivity index (χ2n) is 7.99. The maximum absolute atomic E-state index is 13.1. The van der Waals surface area contributed by atoms with Crippen molar-refractivity contribution < 1.29 is 9.63 Å². The molecule has 3 heterocycles. The molecule has 0 amide bonds. The van der Waals surface area contributed by atoms with Crippen LogP contribution in [0.4, 0.5) is 0 Å². The molecule has 0 bridgehead atoms. The summed E-state index contributed by atoms with van der Waals surface area (Å²) >= 11 is 0. The summed E-state index contributed by atoms with van der Waals surface area (Å²) in [5, 5.41) is 5.80. The van der Waals surface area contributed by atoms with Crippen LogP contribution in [0.2, 0.25) is 0 Å². The maximum atomic E-state index is 13.1. The van der Waals surface area contributed by atoms with Gasteiger partial charge in [-0.25, -0.2) is 9.78 Å². The van der Waals surface area contributed by atoms with Gasteiger partial charge in [-0.05, 0) is 37.1 Å². The van der Waals surface area contributed by atoms with Crippen molar-refractivity contribution in [2.45, 2.75) is 33.2 Å². The van der Waals surface area contributed by atoms with E-state index in [0.717, 1.165) is 46.1 Å². The summed E-state index contributed by atoms with van der Waals surface area (Å²) in [6.45, 7) is 4.78. The van der Waals surface area contributed by atoms with Crippen molar-refractivity contribution in [1.29, 1.82) is 0 Å². The Hall–Kier alpha value is -3.98. The largest absolute Gasteiger partial charge is 0.347 e. The number of para-hydroxylation sites is 1. The number of nitrogens with one attached hydrogen (secondary N) is 1. The average Bonchev–Trinajstić information content (AvgIpc) is 3.36. The monoisotopic (exact) mass is 444 g/mol. The average molecular weight is 444 g/mol. The Labute approximate surface area is 188 Å². The molecule has 3 N–H and O–H groups in total. The Morgan fingerprint density at radius 3 is 2.88 bits per heavy atom. The van der Waals surface area contributed by atoms with Gasteiger partial charge in [0.05, 0.1) is 22.7 Å². The third-order valence-corrected chi connectivity index (χ3v) is 5.78. The first-order valence-electron chi connectivity index (χ1n) is 10.9. The maximum Gasteiger partial charge on any atom is 0.331 e. The van der Waals surface area contributed by atoms with E-state index in [9.17, 15) is 9.59 Å². The smallest absolute Gasteiger partial charge is 0.331 e. The van der Waals surface area contributed by atoms with Gasteiger partial charge in [-0.15, -0.1) is 5.10 Å². The van der Waals surface area contributed by atoms with Gasteiger partial charge in [-0.1, -0.05) is 30.0 Å². The number of aromatic nitrogens is 5. The first-order valence-corrected chi connectivity index (χ1v) is 10.9. The number of hydrogen-bond acceptors (Lipinski definition) is 6. The highest BCUT2D eigenvalue weighted by Gasteiger charge is 2.18. The van der Waals surface area contributed by atoms with Crippen LogP contribution in [0.1, 0.15) is 25.8 Å². The van der Waals surface area contributed by atoms with Gasteiger partial charge in [-0.3, -0.25) is 4.79 Å². The van der Waals surface area contributed by atoms with Crippen LogP contribution >= 0.6 is 0 Å². The summed E-state index contributed by atoms with van der Waals surface area (Å²) < 4.78 is 2.17. The molecule has 168 valence electrons. The summed E-state index contributed by atoms with van der Waals surface area (Å²) in [4.78, 5) is 38.5. The van der Waals surface area contributed by atoms with Crippen LogP contribution in [0.3, 0.4) is 0 Å². The van der Waals surface area contributed by atoms with Crippen LogP contribution < -0.4 is 16.1 Å². The molecule has 0 atom stereocenters. The number of H-pyrrole nitrogens is 1. The first-order chi connectivity index (χ1) is 16.0. The highest BCUT2D eigenvalue weighted by molar-refractivity contribution is 5.98. The van der Waals surface area contributed by atoms with E-state index in [-0.39, 0.29) is 5.56 Å². The molecular formula is C24H24N6O3. The molecule has 0 aliphatic rings. The quantitative estimate of drug-likeness (QED) is 0.415. The van der Waals surface area contributed by atoms with Gasteiger partial charge in [-0.2, -0.15) is 0 Å². The predicted octanol–water partition coefficient (Wildman–Crippen LogP) is 2.78. The van der Waals surface area contributed by atoms with Crippen LogP contribution in [0.5, 0.6) is 0 Å². The van der Waals surface area contributed by atoms with Gasteiger partial charge >= 0.3 is 5.97 Å². The van der Waals surface area contributed by atoms with E-state index < -0.39 is 5.97 Å². The molecule has 3 aromatic heterocycles. The molecule has 0 spiro atoms. The Morgan fingerprint density at radius 2 is 2.12 bits per heavy atom. The van der Waals surface area contributed by atoms with Gasteiger partial charge < -0.3 is 20.1 Å². The highest BCUT2D eigenvalue weighted by atomic mass is 16.7. The zero-order chi connectivity index (χ0) is 23.1. The minimum absolute atomic E-state index is 0.269.